The molecule has 2 N–H and O–H groups in total. The summed E-state index contributed by atoms with van der Waals surface area (Å²) in [5.41, 5.74) is 0. The third kappa shape index (κ3) is 1.94. The molecule has 0 aliphatic heterocycles. The molecule has 1 amide bonds. The summed E-state index contributed by atoms with van der Waals surface area (Å²) in [6, 6.07) is 1.67. The average molecular weight is 192 g/mol. The van der Waals surface area contributed by atoms with E-state index >= 15 is 0 Å². The van der Waals surface area contributed by atoms with E-state index < -0.39 is 0 Å². The lowest BCUT2D eigenvalue weighted by molar-refractivity contribution is -0.116. The second-order valence-corrected chi connectivity index (χ2v) is 2.62. The Morgan fingerprint density at radius 3 is 3.14 bits per heavy atom. The number of aromatic nitrogens is 5. The normalized spacial score (nSPS) is 10.0. The quantitative estimate of drug-likeness (QED) is 0.695. The molecule has 72 valence electrons. The monoisotopic (exact) mass is 192 g/mol. The summed E-state index contributed by atoms with van der Waals surface area (Å²) in [4.78, 5) is 11.3. The first-order valence-corrected chi connectivity index (χ1v) is 3.98. The Morgan fingerprint density at radius 2 is 2.50 bits per heavy atom. The molecular formula is C7H8N6O. The Balaban J connectivity index is 1.91. The van der Waals surface area contributed by atoms with Gasteiger partial charge in [-0.2, -0.15) is 5.10 Å². The van der Waals surface area contributed by atoms with Crippen molar-refractivity contribution in [2.45, 2.75) is 6.54 Å². The van der Waals surface area contributed by atoms with Gasteiger partial charge in [-0.25, -0.2) is 4.68 Å². The van der Waals surface area contributed by atoms with Crippen LogP contribution in [0.2, 0.25) is 0 Å². The summed E-state index contributed by atoms with van der Waals surface area (Å²) in [6.45, 7) is 0.138. The molecule has 0 aliphatic rings. The van der Waals surface area contributed by atoms with Crippen LogP contribution in [-0.4, -0.2) is 31.1 Å². The number of carbonyl (C=O) groups is 1. The van der Waals surface area contributed by atoms with E-state index in [1.807, 2.05) is 0 Å². The van der Waals surface area contributed by atoms with Gasteiger partial charge in [-0.1, -0.05) is 5.21 Å². The number of amides is 1. The Kier molecular flexibility index (Phi) is 2.22. The lowest BCUT2D eigenvalue weighted by atomic mass is 10.5. The van der Waals surface area contributed by atoms with E-state index in [0.29, 0.717) is 5.82 Å². The number of aromatic amines is 1. The van der Waals surface area contributed by atoms with Crippen molar-refractivity contribution >= 4 is 11.7 Å². The van der Waals surface area contributed by atoms with E-state index in [2.05, 4.69) is 25.8 Å². The van der Waals surface area contributed by atoms with Crippen molar-refractivity contribution in [2.24, 2.45) is 0 Å². The molecule has 0 atom stereocenters. The highest BCUT2D eigenvalue weighted by Crippen LogP contribution is 1.98. The molecule has 0 spiro atoms. The maximum absolute atomic E-state index is 11.3. The third-order valence-corrected chi connectivity index (χ3v) is 1.55. The van der Waals surface area contributed by atoms with E-state index in [4.69, 9.17) is 0 Å². The third-order valence-electron chi connectivity index (χ3n) is 1.55. The minimum atomic E-state index is -0.181. The summed E-state index contributed by atoms with van der Waals surface area (Å²) in [6.07, 6.45) is 4.70. The van der Waals surface area contributed by atoms with E-state index in [1.165, 1.54) is 10.9 Å². The van der Waals surface area contributed by atoms with Gasteiger partial charge in [0.05, 0.1) is 12.4 Å². The van der Waals surface area contributed by atoms with Crippen LogP contribution in [0.4, 0.5) is 5.82 Å². The summed E-state index contributed by atoms with van der Waals surface area (Å²) in [7, 11) is 0. The predicted octanol–water partition coefficient (Wildman–Crippen LogP) is -0.360. The van der Waals surface area contributed by atoms with E-state index in [0.717, 1.165) is 0 Å². The second kappa shape index (κ2) is 3.69. The molecule has 0 bridgehead atoms. The number of rotatable bonds is 3. The van der Waals surface area contributed by atoms with Crippen LogP contribution in [0.3, 0.4) is 0 Å². The molecule has 0 saturated heterocycles. The number of H-pyrrole nitrogens is 1. The highest BCUT2D eigenvalue weighted by molar-refractivity contribution is 5.89. The van der Waals surface area contributed by atoms with Gasteiger partial charge < -0.3 is 5.32 Å². The fraction of sp³-hybridized carbons (Fsp3) is 0.143. The Bertz CT molecular complexity index is 354. The van der Waals surface area contributed by atoms with Crippen molar-refractivity contribution in [2.75, 3.05) is 5.32 Å². The highest BCUT2D eigenvalue weighted by atomic mass is 16.2. The molecule has 0 aliphatic carbocycles. The van der Waals surface area contributed by atoms with E-state index in [9.17, 15) is 4.79 Å². The van der Waals surface area contributed by atoms with Crippen LogP contribution in [0, 0.1) is 0 Å². The number of hydrogen-bond donors (Lipinski definition) is 2. The summed E-state index contributed by atoms with van der Waals surface area (Å²) in [5.74, 6) is 0.384. The van der Waals surface area contributed by atoms with Gasteiger partial charge in [0.2, 0.25) is 5.91 Å². The maximum atomic E-state index is 11.3. The molecule has 14 heavy (non-hydrogen) atoms. The molecule has 0 saturated carbocycles. The molecule has 0 radical (unpaired) electrons. The highest BCUT2D eigenvalue weighted by Gasteiger charge is 2.03. The average Bonchev–Trinajstić information content (AvgIpc) is 2.76. The first-order chi connectivity index (χ1) is 6.84. The molecular weight excluding hydrogens is 184 g/mol. The zero-order valence-electron chi connectivity index (χ0n) is 7.21. The van der Waals surface area contributed by atoms with Gasteiger partial charge in [0.1, 0.15) is 12.4 Å². The smallest absolute Gasteiger partial charge is 0.247 e. The van der Waals surface area contributed by atoms with Crippen LogP contribution in [0.5, 0.6) is 0 Å². The second-order valence-electron chi connectivity index (χ2n) is 2.62. The molecule has 2 heterocycles. The van der Waals surface area contributed by atoms with Crippen LogP contribution < -0.4 is 5.32 Å². The lowest BCUT2D eigenvalue weighted by Crippen LogP contribution is -2.19. The number of hydrogen-bond acceptors (Lipinski definition) is 4. The van der Waals surface area contributed by atoms with Gasteiger partial charge in [0.25, 0.3) is 0 Å². The first-order valence-electron chi connectivity index (χ1n) is 3.98. The Hall–Kier alpha value is -2.18. The van der Waals surface area contributed by atoms with Crippen LogP contribution in [-0.2, 0) is 11.3 Å². The fourth-order valence-corrected chi connectivity index (χ4v) is 0.979. The molecule has 2 rings (SSSR count). The minimum Gasteiger partial charge on any atom is -0.309 e. The summed E-state index contributed by atoms with van der Waals surface area (Å²) < 4.78 is 1.44. The summed E-state index contributed by atoms with van der Waals surface area (Å²) in [5, 5.41) is 16.2. The van der Waals surface area contributed by atoms with Crippen LogP contribution >= 0.6 is 0 Å². The molecule has 0 unspecified atom stereocenters. The largest absolute Gasteiger partial charge is 0.309 e. The Labute approximate surface area is 79.1 Å². The standard InChI is InChI=1S/C7H8N6O/c14-7(5-13-4-3-9-12-13)10-6-1-2-8-11-6/h1-4H,5H2,(H2,8,10,11,14). The predicted molar refractivity (Wildman–Crippen MR) is 47.2 cm³/mol. The summed E-state index contributed by atoms with van der Waals surface area (Å²) >= 11 is 0. The number of nitrogens with zero attached hydrogens (tertiary/aromatic N) is 4. The van der Waals surface area contributed by atoms with Crippen LogP contribution in [0.25, 0.3) is 0 Å². The van der Waals surface area contributed by atoms with Gasteiger partial charge in [-0.15, -0.1) is 5.10 Å². The van der Waals surface area contributed by atoms with Gasteiger partial charge in [-0.3, -0.25) is 9.89 Å². The molecule has 0 fully saturated rings. The lowest BCUT2D eigenvalue weighted by Gasteiger charge is -2.00. The van der Waals surface area contributed by atoms with E-state index in [-0.39, 0.29) is 12.5 Å². The molecule has 7 nitrogen and oxygen atoms in total. The number of nitrogens with one attached hydrogen (secondary N) is 2. The molecule has 7 heteroatoms. The van der Waals surface area contributed by atoms with Crippen molar-refractivity contribution in [3.63, 3.8) is 0 Å². The molecule has 2 aromatic heterocycles. The zero-order valence-corrected chi connectivity index (χ0v) is 7.21. The van der Waals surface area contributed by atoms with Gasteiger partial charge in [0.15, 0.2) is 0 Å². The fourth-order valence-electron chi connectivity index (χ4n) is 0.979. The zero-order chi connectivity index (χ0) is 9.80. The van der Waals surface area contributed by atoms with Crippen LogP contribution in [0.15, 0.2) is 24.7 Å². The first kappa shape index (κ1) is 8.42. The molecule has 2 aromatic rings. The van der Waals surface area contributed by atoms with Gasteiger partial charge in [-0.05, 0) is 0 Å². The van der Waals surface area contributed by atoms with Crippen molar-refractivity contribution < 1.29 is 4.79 Å². The number of carbonyl (C=O) groups excluding carboxylic acids is 1. The van der Waals surface area contributed by atoms with Crippen molar-refractivity contribution in [1.82, 2.24) is 25.2 Å². The van der Waals surface area contributed by atoms with Gasteiger partial charge >= 0.3 is 0 Å². The Morgan fingerprint density at radius 1 is 1.57 bits per heavy atom. The maximum Gasteiger partial charge on any atom is 0.247 e. The van der Waals surface area contributed by atoms with Crippen molar-refractivity contribution in [3.8, 4) is 0 Å². The molecule has 0 aromatic carbocycles. The topological polar surface area (TPSA) is 88.5 Å². The minimum absolute atomic E-state index is 0.138. The van der Waals surface area contributed by atoms with Crippen LogP contribution in [0.1, 0.15) is 0 Å². The van der Waals surface area contributed by atoms with Gasteiger partial charge in [0, 0.05) is 12.3 Å². The van der Waals surface area contributed by atoms with Crippen molar-refractivity contribution in [1.29, 1.82) is 0 Å². The van der Waals surface area contributed by atoms with Crippen molar-refractivity contribution in [3.05, 3.63) is 24.7 Å². The number of anilines is 1. The SMILES string of the molecule is O=C(Cn1ccnn1)Nc1ccn[nH]1. The van der Waals surface area contributed by atoms with E-state index in [1.54, 1.807) is 18.5 Å².